The number of hydrogen-bond acceptors (Lipinski definition) is 3. The molecule has 19 heavy (non-hydrogen) atoms. The van der Waals surface area contributed by atoms with Crippen molar-refractivity contribution in [3.63, 3.8) is 0 Å². The van der Waals surface area contributed by atoms with Crippen LogP contribution in [0.15, 0.2) is 36.5 Å². The van der Waals surface area contributed by atoms with Crippen LogP contribution in [0.25, 0.3) is 10.9 Å². The first kappa shape index (κ1) is 12.6. The van der Waals surface area contributed by atoms with Crippen LogP contribution in [0.5, 0.6) is 0 Å². The molecule has 1 aromatic heterocycles. The summed E-state index contributed by atoms with van der Waals surface area (Å²) in [5, 5.41) is 1.25. The van der Waals surface area contributed by atoms with E-state index in [9.17, 15) is 0 Å². The van der Waals surface area contributed by atoms with E-state index in [0.29, 0.717) is 6.04 Å². The van der Waals surface area contributed by atoms with E-state index in [4.69, 9.17) is 5.84 Å². The lowest BCUT2D eigenvalue weighted by Gasteiger charge is -2.29. The van der Waals surface area contributed by atoms with E-state index in [1.54, 1.807) is 0 Å². The van der Waals surface area contributed by atoms with Gasteiger partial charge in [-0.05, 0) is 36.5 Å². The molecule has 0 aliphatic heterocycles. The highest BCUT2D eigenvalue weighted by atomic mass is 15.2. The lowest BCUT2D eigenvalue weighted by Crippen LogP contribution is -2.39. The second-order valence-corrected chi connectivity index (χ2v) is 5.59. The smallest absolute Gasteiger partial charge is 0.0704 e. The standard InChI is InChI=1S/C16H21N3/c17-19-14(10-12-4-3-5-12)11-13-8-9-18-16-7-2-1-6-15(13)16/h1-2,6-9,12,14,19H,3-5,10-11,17H2. The Morgan fingerprint density at radius 1 is 1.26 bits per heavy atom. The van der Waals surface area contributed by atoms with Crippen LogP contribution >= 0.6 is 0 Å². The zero-order chi connectivity index (χ0) is 13.1. The third kappa shape index (κ3) is 2.77. The molecule has 0 spiro atoms. The van der Waals surface area contributed by atoms with Crippen molar-refractivity contribution in [3.05, 3.63) is 42.1 Å². The molecular formula is C16H21N3. The lowest BCUT2D eigenvalue weighted by molar-refractivity contribution is 0.260. The van der Waals surface area contributed by atoms with E-state index in [0.717, 1.165) is 17.9 Å². The largest absolute Gasteiger partial charge is 0.271 e. The monoisotopic (exact) mass is 255 g/mol. The first-order chi connectivity index (χ1) is 9.36. The maximum atomic E-state index is 5.73. The maximum absolute atomic E-state index is 5.73. The number of hydrazine groups is 1. The summed E-state index contributed by atoms with van der Waals surface area (Å²) in [6.45, 7) is 0. The minimum Gasteiger partial charge on any atom is -0.271 e. The van der Waals surface area contributed by atoms with Gasteiger partial charge in [0.15, 0.2) is 0 Å². The number of fused-ring (bicyclic) bond motifs is 1. The van der Waals surface area contributed by atoms with Crippen LogP contribution < -0.4 is 11.3 Å². The first-order valence-electron chi connectivity index (χ1n) is 7.15. The number of nitrogens with one attached hydrogen (secondary N) is 1. The van der Waals surface area contributed by atoms with Crippen LogP contribution in [0, 0.1) is 5.92 Å². The Balaban J connectivity index is 1.79. The zero-order valence-electron chi connectivity index (χ0n) is 11.2. The molecular weight excluding hydrogens is 234 g/mol. The molecule has 1 unspecified atom stereocenters. The maximum Gasteiger partial charge on any atom is 0.0704 e. The number of nitrogens with zero attached hydrogens (tertiary/aromatic N) is 1. The highest BCUT2D eigenvalue weighted by molar-refractivity contribution is 5.81. The van der Waals surface area contributed by atoms with E-state index < -0.39 is 0 Å². The predicted molar refractivity (Wildman–Crippen MR) is 78.5 cm³/mol. The number of rotatable bonds is 5. The van der Waals surface area contributed by atoms with Crippen molar-refractivity contribution in [2.45, 2.75) is 38.1 Å². The summed E-state index contributed by atoms with van der Waals surface area (Å²) >= 11 is 0. The Kier molecular flexibility index (Phi) is 3.76. The van der Waals surface area contributed by atoms with Crippen LogP contribution in [-0.2, 0) is 6.42 Å². The molecule has 3 N–H and O–H groups in total. The molecule has 1 aliphatic carbocycles. The molecule has 0 amide bonds. The molecule has 0 bridgehead atoms. The Hall–Kier alpha value is -1.45. The number of aromatic nitrogens is 1. The van der Waals surface area contributed by atoms with Gasteiger partial charge in [0.25, 0.3) is 0 Å². The van der Waals surface area contributed by atoms with Crippen molar-refractivity contribution < 1.29 is 0 Å². The molecule has 0 saturated heterocycles. The summed E-state index contributed by atoms with van der Waals surface area (Å²) in [6, 6.07) is 10.8. The Morgan fingerprint density at radius 2 is 2.11 bits per heavy atom. The van der Waals surface area contributed by atoms with Crippen molar-refractivity contribution in [2.24, 2.45) is 11.8 Å². The van der Waals surface area contributed by atoms with Crippen LogP contribution in [0.1, 0.15) is 31.2 Å². The van der Waals surface area contributed by atoms with Gasteiger partial charge >= 0.3 is 0 Å². The minimum atomic E-state index is 0.371. The van der Waals surface area contributed by atoms with Crippen LogP contribution in [0.4, 0.5) is 0 Å². The second-order valence-electron chi connectivity index (χ2n) is 5.59. The van der Waals surface area contributed by atoms with Gasteiger partial charge in [-0.2, -0.15) is 0 Å². The number of nitrogens with two attached hydrogens (primary N) is 1. The number of benzene rings is 1. The van der Waals surface area contributed by atoms with Crippen molar-refractivity contribution in [1.29, 1.82) is 0 Å². The summed E-state index contributed by atoms with van der Waals surface area (Å²) in [5.41, 5.74) is 5.40. The van der Waals surface area contributed by atoms with Gasteiger partial charge in [-0.15, -0.1) is 0 Å². The lowest BCUT2D eigenvalue weighted by atomic mass is 9.80. The van der Waals surface area contributed by atoms with Gasteiger partial charge in [0.05, 0.1) is 5.52 Å². The molecule has 3 rings (SSSR count). The van der Waals surface area contributed by atoms with E-state index in [-0.39, 0.29) is 0 Å². The Labute approximate surface area is 114 Å². The molecule has 3 nitrogen and oxygen atoms in total. The summed E-state index contributed by atoms with van der Waals surface area (Å²) in [6.07, 6.45) is 8.20. The van der Waals surface area contributed by atoms with E-state index in [2.05, 4.69) is 34.7 Å². The van der Waals surface area contributed by atoms with Gasteiger partial charge in [-0.3, -0.25) is 16.3 Å². The van der Waals surface area contributed by atoms with E-state index in [1.807, 2.05) is 12.3 Å². The normalized spacial score (nSPS) is 17.3. The fourth-order valence-corrected chi connectivity index (χ4v) is 2.94. The first-order valence-corrected chi connectivity index (χ1v) is 7.15. The second kappa shape index (κ2) is 5.68. The Morgan fingerprint density at radius 3 is 2.84 bits per heavy atom. The van der Waals surface area contributed by atoms with Crippen molar-refractivity contribution in [3.8, 4) is 0 Å². The zero-order valence-corrected chi connectivity index (χ0v) is 11.2. The molecule has 1 heterocycles. The van der Waals surface area contributed by atoms with Gasteiger partial charge in [0.1, 0.15) is 0 Å². The predicted octanol–water partition coefficient (Wildman–Crippen LogP) is 2.80. The third-order valence-electron chi connectivity index (χ3n) is 4.28. The van der Waals surface area contributed by atoms with Gasteiger partial charge in [-0.1, -0.05) is 37.5 Å². The summed E-state index contributed by atoms with van der Waals surface area (Å²) in [7, 11) is 0. The average Bonchev–Trinajstić information content (AvgIpc) is 2.41. The number of hydrogen-bond donors (Lipinski definition) is 2. The van der Waals surface area contributed by atoms with Crippen molar-refractivity contribution in [1.82, 2.24) is 10.4 Å². The van der Waals surface area contributed by atoms with E-state index in [1.165, 1.54) is 36.6 Å². The highest BCUT2D eigenvalue weighted by Crippen LogP contribution is 2.31. The molecule has 3 heteroatoms. The van der Waals surface area contributed by atoms with Gasteiger partial charge in [0.2, 0.25) is 0 Å². The fourth-order valence-electron chi connectivity index (χ4n) is 2.94. The molecule has 100 valence electrons. The number of pyridine rings is 1. The van der Waals surface area contributed by atoms with E-state index >= 15 is 0 Å². The molecule has 1 atom stereocenters. The van der Waals surface area contributed by atoms with Gasteiger partial charge < -0.3 is 0 Å². The molecule has 2 aromatic rings. The number of para-hydroxylation sites is 1. The fraction of sp³-hybridized carbons (Fsp3) is 0.438. The summed E-state index contributed by atoms with van der Waals surface area (Å²) < 4.78 is 0. The minimum absolute atomic E-state index is 0.371. The average molecular weight is 255 g/mol. The van der Waals surface area contributed by atoms with Gasteiger partial charge in [-0.25, -0.2) is 0 Å². The quantitative estimate of drug-likeness (QED) is 0.638. The van der Waals surface area contributed by atoms with Crippen LogP contribution in [-0.4, -0.2) is 11.0 Å². The summed E-state index contributed by atoms with van der Waals surface area (Å²) in [5.74, 6) is 6.60. The van der Waals surface area contributed by atoms with Crippen LogP contribution in [0.2, 0.25) is 0 Å². The third-order valence-corrected chi connectivity index (χ3v) is 4.28. The van der Waals surface area contributed by atoms with Crippen molar-refractivity contribution in [2.75, 3.05) is 0 Å². The van der Waals surface area contributed by atoms with Crippen LogP contribution in [0.3, 0.4) is 0 Å². The molecule has 1 aliphatic rings. The molecule has 1 aromatic carbocycles. The van der Waals surface area contributed by atoms with Crippen molar-refractivity contribution >= 4 is 10.9 Å². The molecule has 0 radical (unpaired) electrons. The molecule has 1 fully saturated rings. The van der Waals surface area contributed by atoms with Gasteiger partial charge in [0, 0.05) is 17.6 Å². The molecule has 1 saturated carbocycles. The summed E-state index contributed by atoms with van der Waals surface area (Å²) in [4.78, 5) is 4.41. The SMILES string of the molecule is NNC(Cc1ccnc2ccccc12)CC1CCC1. The topological polar surface area (TPSA) is 50.9 Å². The Bertz CT molecular complexity index is 543. The highest BCUT2D eigenvalue weighted by Gasteiger charge is 2.22.